The molecule has 0 amide bonds. The van der Waals surface area contributed by atoms with Gasteiger partial charge in [0.1, 0.15) is 0 Å². The maximum absolute atomic E-state index is 12.1. The summed E-state index contributed by atoms with van der Waals surface area (Å²) in [5, 5.41) is 5.35. The average Bonchev–Trinajstić information content (AvgIpc) is 3.30. The summed E-state index contributed by atoms with van der Waals surface area (Å²) in [5.74, 6) is -0.346. The number of carbonyl (C=O) groups excluding carboxylic acids is 1. The lowest BCUT2D eigenvalue weighted by atomic mass is 10.0. The number of ether oxygens (including phenoxy) is 1. The molecule has 0 atom stereocenters. The molecule has 1 aliphatic carbocycles. The second kappa shape index (κ2) is 7.04. The Bertz CT molecular complexity index is 958. The number of fused-ring (bicyclic) bond motifs is 1. The van der Waals surface area contributed by atoms with Crippen LogP contribution in [0.5, 0.6) is 0 Å². The van der Waals surface area contributed by atoms with Gasteiger partial charge in [0.25, 0.3) is 0 Å². The van der Waals surface area contributed by atoms with E-state index in [2.05, 4.69) is 10.3 Å². The van der Waals surface area contributed by atoms with Crippen LogP contribution in [-0.2, 0) is 4.74 Å². The smallest absolute Gasteiger partial charge is 0.338 e. The van der Waals surface area contributed by atoms with Gasteiger partial charge in [-0.3, -0.25) is 0 Å². The molecule has 1 aromatic heterocycles. The lowest BCUT2D eigenvalue weighted by Gasteiger charge is -2.14. The zero-order valence-electron chi connectivity index (χ0n) is 14.6. The van der Waals surface area contributed by atoms with Gasteiger partial charge in [0.15, 0.2) is 0 Å². The first kappa shape index (κ1) is 17.0. The zero-order chi connectivity index (χ0) is 18.1. The fraction of sp³-hybridized carbons (Fsp3) is 0.286. The predicted octanol–water partition coefficient (Wildman–Crippen LogP) is 5.63. The van der Waals surface area contributed by atoms with Gasteiger partial charge < -0.3 is 15.0 Å². The standard InChI is InChI=1S/C21H21ClN2O2/c1-26-21(25)17-9-5-4-8-16(17)18-11-13-10-14(22)12-19(20(13)24-18)23-15-6-2-3-7-15/h4-5,8-12,15,23-24H,2-3,6-7H2,1H3. The number of benzene rings is 2. The molecule has 0 radical (unpaired) electrons. The normalized spacial score (nSPS) is 14.7. The molecule has 0 saturated heterocycles. The van der Waals surface area contributed by atoms with Crippen molar-refractivity contribution in [3.05, 3.63) is 53.1 Å². The Kier molecular flexibility index (Phi) is 4.60. The van der Waals surface area contributed by atoms with Crippen molar-refractivity contribution in [1.29, 1.82) is 0 Å². The van der Waals surface area contributed by atoms with Crippen LogP contribution in [0.4, 0.5) is 5.69 Å². The second-order valence-corrected chi connectivity index (χ2v) is 7.20. The molecule has 1 heterocycles. The van der Waals surface area contributed by atoms with Crippen molar-refractivity contribution in [1.82, 2.24) is 4.98 Å². The van der Waals surface area contributed by atoms with E-state index in [1.807, 2.05) is 36.4 Å². The molecule has 0 bridgehead atoms. The molecule has 1 aliphatic rings. The molecule has 1 fully saturated rings. The fourth-order valence-electron chi connectivity index (χ4n) is 3.76. The molecule has 5 heteroatoms. The number of nitrogens with one attached hydrogen (secondary N) is 2. The number of methoxy groups -OCH3 is 1. The van der Waals surface area contributed by atoms with Gasteiger partial charge in [0.2, 0.25) is 0 Å². The molecule has 134 valence electrons. The van der Waals surface area contributed by atoms with Crippen molar-refractivity contribution in [2.24, 2.45) is 0 Å². The number of hydrogen-bond acceptors (Lipinski definition) is 3. The van der Waals surface area contributed by atoms with E-state index >= 15 is 0 Å². The van der Waals surface area contributed by atoms with E-state index in [0.29, 0.717) is 16.6 Å². The number of esters is 1. The van der Waals surface area contributed by atoms with Crippen LogP contribution in [0.2, 0.25) is 5.02 Å². The number of aromatic amines is 1. The highest BCUT2D eigenvalue weighted by Crippen LogP contribution is 2.34. The highest BCUT2D eigenvalue weighted by atomic mass is 35.5. The Morgan fingerprint density at radius 2 is 1.96 bits per heavy atom. The van der Waals surface area contributed by atoms with Crippen molar-refractivity contribution in [2.75, 3.05) is 12.4 Å². The maximum atomic E-state index is 12.1. The van der Waals surface area contributed by atoms with Crippen molar-refractivity contribution in [3.63, 3.8) is 0 Å². The molecule has 0 aliphatic heterocycles. The third-order valence-corrected chi connectivity index (χ3v) is 5.25. The number of rotatable bonds is 4. The molecular weight excluding hydrogens is 348 g/mol. The Hall–Kier alpha value is -2.46. The summed E-state index contributed by atoms with van der Waals surface area (Å²) in [7, 11) is 1.40. The Balaban J connectivity index is 1.80. The quantitative estimate of drug-likeness (QED) is 0.587. The molecule has 4 rings (SSSR count). The van der Waals surface area contributed by atoms with Crippen LogP contribution >= 0.6 is 11.6 Å². The molecule has 1 saturated carbocycles. The maximum Gasteiger partial charge on any atom is 0.338 e. The Morgan fingerprint density at radius 3 is 2.73 bits per heavy atom. The van der Waals surface area contributed by atoms with Crippen LogP contribution < -0.4 is 5.32 Å². The van der Waals surface area contributed by atoms with Crippen LogP contribution in [-0.4, -0.2) is 24.1 Å². The first-order valence-corrected chi connectivity index (χ1v) is 9.30. The number of halogens is 1. The Morgan fingerprint density at radius 1 is 1.19 bits per heavy atom. The van der Waals surface area contributed by atoms with E-state index in [4.69, 9.17) is 16.3 Å². The van der Waals surface area contributed by atoms with E-state index in [0.717, 1.165) is 27.8 Å². The molecule has 2 N–H and O–H groups in total. The van der Waals surface area contributed by atoms with Crippen molar-refractivity contribution >= 4 is 34.2 Å². The van der Waals surface area contributed by atoms with Crippen LogP contribution in [0.1, 0.15) is 36.0 Å². The number of H-pyrrole nitrogens is 1. The van der Waals surface area contributed by atoms with Gasteiger partial charge in [0, 0.05) is 27.7 Å². The molecule has 0 unspecified atom stereocenters. The lowest BCUT2D eigenvalue weighted by Crippen LogP contribution is -2.14. The van der Waals surface area contributed by atoms with Crippen LogP contribution in [0.15, 0.2) is 42.5 Å². The van der Waals surface area contributed by atoms with Crippen LogP contribution in [0.3, 0.4) is 0 Å². The van der Waals surface area contributed by atoms with Gasteiger partial charge >= 0.3 is 5.97 Å². The SMILES string of the molecule is COC(=O)c1ccccc1-c1cc2cc(Cl)cc(NC3CCCC3)c2[nH]1. The second-order valence-electron chi connectivity index (χ2n) is 6.76. The number of carbonyl (C=O) groups is 1. The van der Waals surface area contributed by atoms with Gasteiger partial charge in [-0.15, -0.1) is 0 Å². The first-order valence-electron chi connectivity index (χ1n) is 8.92. The summed E-state index contributed by atoms with van der Waals surface area (Å²) < 4.78 is 4.92. The van der Waals surface area contributed by atoms with Crippen LogP contribution in [0, 0.1) is 0 Å². The third-order valence-electron chi connectivity index (χ3n) is 5.03. The minimum absolute atomic E-state index is 0.346. The topological polar surface area (TPSA) is 54.1 Å². The Labute approximate surface area is 157 Å². The monoisotopic (exact) mass is 368 g/mol. The zero-order valence-corrected chi connectivity index (χ0v) is 15.4. The van der Waals surface area contributed by atoms with E-state index in [-0.39, 0.29) is 5.97 Å². The van der Waals surface area contributed by atoms with Crippen molar-refractivity contribution in [3.8, 4) is 11.3 Å². The third kappa shape index (κ3) is 3.17. The largest absolute Gasteiger partial charge is 0.465 e. The van der Waals surface area contributed by atoms with E-state index in [9.17, 15) is 4.79 Å². The molecule has 0 spiro atoms. The highest BCUT2D eigenvalue weighted by Gasteiger charge is 2.18. The van der Waals surface area contributed by atoms with Crippen molar-refractivity contribution < 1.29 is 9.53 Å². The van der Waals surface area contributed by atoms with Crippen molar-refractivity contribution in [2.45, 2.75) is 31.7 Å². The summed E-state index contributed by atoms with van der Waals surface area (Å²) in [5.41, 5.74) is 4.26. The lowest BCUT2D eigenvalue weighted by molar-refractivity contribution is 0.0601. The predicted molar refractivity (Wildman–Crippen MR) is 106 cm³/mol. The summed E-state index contributed by atoms with van der Waals surface area (Å²) in [6, 6.07) is 13.9. The summed E-state index contributed by atoms with van der Waals surface area (Å²) in [6.07, 6.45) is 4.91. The molecular formula is C21H21ClN2O2. The van der Waals surface area contributed by atoms with Gasteiger partial charge in [-0.05, 0) is 37.1 Å². The van der Waals surface area contributed by atoms with Gasteiger partial charge in [0.05, 0.1) is 23.9 Å². The summed E-state index contributed by atoms with van der Waals surface area (Å²) in [6.45, 7) is 0. The van der Waals surface area contributed by atoms with Gasteiger partial charge in [-0.1, -0.05) is 42.6 Å². The molecule has 3 aromatic rings. The van der Waals surface area contributed by atoms with E-state index in [1.54, 1.807) is 6.07 Å². The van der Waals surface area contributed by atoms with E-state index < -0.39 is 0 Å². The number of hydrogen-bond donors (Lipinski definition) is 2. The average molecular weight is 369 g/mol. The van der Waals surface area contributed by atoms with Crippen LogP contribution in [0.25, 0.3) is 22.2 Å². The summed E-state index contributed by atoms with van der Waals surface area (Å²) >= 11 is 6.34. The molecule has 4 nitrogen and oxygen atoms in total. The minimum Gasteiger partial charge on any atom is -0.465 e. The van der Waals surface area contributed by atoms with E-state index in [1.165, 1.54) is 32.8 Å². The van der Waals surface area contributed by atoms with Gasteiger partial charge in [-0.2, -0.15) is 0 Å². The molecule has 2 aromatic carbocycles. The number of aromatic nitrogens is 1. The first-order chi connectivity index (χ1) is 12.7. The molecule has 26 heavy (non-hydrogen) atoms. The fourth-order valence-corrected chi connectivity index (χ4v) is 3.99. The number of anilines is 1. The summed E-state index contributed by atoms with van der Waals surface area (Å²) in [4.78, 5) is 15.6. The van der Waals surface area contributed by atoms with Gasteiger partial charge in [-0.25, -0.2) is 4.79 Å². The minimum atomic E-state index is -0.346. The highest BCUT2D eigenvalue weighted by molar-refractivity contribution is 6.32.